The van der Waals surface area contributed by atoms with E-state index >= 15 is 0 Å². The molecule has 0 fully saturated rings. The highest BCUT2D eigenvalue weighted by Crippen LogP contribution is 2.09. The highest BCUT2D eigenvalue weighted by molar-refractivity contribution is 5.25. The van der Waals surface area contributed by atoms with Crippen molar-refractivity contribution in [1.82, 2.24) is 0 Å². The van der Waals surface area contributed by atoms with E-state index in [1.165, 1.54) is 0 Å². The fourth-order valence-electron chi connectivity index (χ4n) is 0.711. The first-order valence-electron chi connectivity index (χ1n) is 3.02. The van der Waals surface area contributed by atoms with E-state index in [0.717, 1.165) is 12.0 Å². The lowest BCUT2D eigenvalue weighted by Crippen LogP contribution is -1.76. The van der Waals surface area contributed by atoms with Crippen molar-refractivity contribution in [2.45, 2.75) is 13.3 Å². The molecule has 0 saturated heterocycles. The molecule has 0 aromatic heterocycles. The molecule has 1 aromatic rings. The second-order valence-electron chi connectivity index (χ2n) is 1.95. The van der Waals surface area contributed by atoms with Gasteiger partial charge < -0.3 is 5.11 Å². The number of hydrogen-bond donors (Lipinski definition) is 1. The molecule has 1 N–H and O–H groups in total. The molecule has 0 bridgehead atoms. The zero-order valence-electron chi connectivity index (χ0n) is 5.39. The van der Waals surface area contributed by atoms with E-state index in [0.29, 0.717) is 5.75 Å². The Morgan fingerprint density at radius 2 is 2.33 bits per heavy atom. The smallest absolute Gasteiger partial charge is 0.116 e. The zero-order valence-corrected chi connectivity index (χ0v) is 5.39. The van der Waals surface area contributed by atoms with Gasteiger partial charge in [0.2, 0.25) is 0 Å². The van der Waals surface area contributed by atoms with Gasteiger partial charge in [0.25, 0.3) is 0 Å². The summed E-state index contributed by atoms with van der Waals surface area (Å²) in [4.78, 5) is 0. The van der Waals surface area contributed by atoms with Crippen LogP contribution in [0.5, 0.6) is 5.75 Å². The van der Waals surface area contributed by atoms with Crippen molar-refractivity contribution < 1.29 is 5.11 Å². The van der Waals surface area contributed by atoms with Crippen molar-refractivity contribution >= 4 is 0 Å². The molecule has 0 unspecified atom stereocenters. The minimum atomic E-state index is 0.300. The summed E-state index contributed by atoms with van der Waals surface area (Å²) in [5.74, 6) is 0.300. The fraction of sp³-hybridized carbons (Fsp3) is 0.250. The average Bonchev–Trinajstić information content (AvgIpc) is 1.88. The molecule has 1 rings (SSSR count). The van der Waals surface area contributed by atoms with Gasteiger partial charge in [-0.3, -0.25) is 0 Å². The Kier molecular flexibility index (Phi) is 1.73. The molecule has 0 aliphatic rings. The Labute approximate surface area is 55.0 Å². The quantitative estimate of drug-likeness (QED) is 0.600. The molecule has 0 aliphatic heterocycles. The number of phenolic OH excluding ortho intramolecular Hbond substituents is 1. The fourth-order valence-corrected chi connectivity index (χ4v) is 0.711. The van der Waals surface area contributed by atoms with Gasteiger partial charge in [-0.15, -0.1) is 0 Å². The standard InChI is InChI=1S/C8H9O/c1-2-7-4-3-5-8(9)6-7/h4-6,9H,2H2,1H3. The maximum atomic E-state index is 8.91. The minimum absolute atomic E-state index is 0.300. The number of benzene rings is 1. The number of rotatable bonds is 1. The molecule has 0 heterocycles. The molecule has 1 radical (unpaired) electrons. The predicted octanol–water partition coefficient (Wildman–Crippen LogP) is 1.75. The van der Waals surface area contributed by atoms with Crippen LogP contribution >= 0.6 is 0 Å². The lowest BCUT2D eigenvalue weighted by molar-refractivity contribution is 0.474. The van der Waals surface area contributed by atoms with Gasteiger partial charge in [-0.05, 0) is 30.2 Å². The van der Waals surface area contributed by atoms with E-state index in [1.807, 2.05) is 13.0 Å². The number of hydrogen-bond acceptors (Lipinski definition) is 1. The van der Waals surface area contributed by atoms with Crippen LogP contribution in [0.4, 0.5) is 0 Å². The molecule has 1 heteroatoms. The van der Waals surface area contributed by atoms with Gasteiger partial charge in [0.05, 0.1) is 0 Å². The number of aromatic hydroxyl groups is 1. The average molecular weight is 121 g/mol. The highest BCUT2D eigenvalue weighted by Gasteiger charge is 1.88. The number of phenols is 1. The van der Waals surface area contributed by atoms with Crippen LogP contribution in [0.25, 0.3) is 0 Å². The van der Waals surface area contributed by atoms with Gasteiger partial charge >= 0.3 is 0 Å². The maximum Gasteiger partial charge on any atom is 0.116 e. The van der Waals surface area contributed by atoms with E-state index in [1.54, 1.807) is 12.1 Å². The molecule has 0 atom stereocenters. The third-order valence-corrected chi connectivity index (χ3v) is 1.24. The molecular formula is C8H9O. The second kappa shape index (κ2) is 2.53. The largest absolute Gasteiger partial charge is 0.508 e. The van der Waals surface area contributed by atoms with Crippen LogP contribution in [-0.4, -0.2) is 5.11 Å². The van der Waals surface area contributed by atoms with E-state index in [2.05, 4.69) is 6.07 Å². The lowest BCUT2D eigenvalue weighted by atomic mass is 10.2. The van der Waals surface area contributed by atoms with Crippen molar-refractivity contribution in [3.8, 4) is 5.75 Å². The van der Waals surface area contributed by atoms with Crippen molar-refractivity contribution in [2.24, 2.45) is 0 Å². The van der Waals surface area contributed by atoms with Crippen LogP contribution in [0.15, 0.2) is 18.2 Å². The van der Waals surface area contributed by atoms with E-state index in [4.69, 9.17) is 5.11 Å². The van der Waals surface area contributed by atoms with Gasteiger partial charge in [0.15, 0.2) is 0 Å². The van der Waals surface area contributed by atoms with Gasteiger partial charge in [-0.1, -0.05) is 13.0 Å². The Morgan fingerprint density at radius 3 is 2.78 bits per heavy atom. The second-order valence-corrected chi connectivity index (χ2v) is 1.95. The van der Waals surface area contributed by atoms with Crippen LogP contribution in [0.3, 0.4) is 0 Å². The van der Waals surface area contributed by atoms with Crippen molar-refractivity contribution in [3.05, 3.63) is 29.8 Å². The summed E-state index contributed by atoms with van der Waals surface area (Å²) in [5.41, 5.74) is 1.12. The third-order valence-electron chi connectivity index (χ3n) is 1.24. The summed E-state index contributed by atoms with van der Waals surface area (Å²) in [6.45, 7) is 2.04. The maximum absolute atomic E-state index is 8.91. The lowest BCUT2D eigenvalue weighted by Gasteiger charge is -1.93. The van der Waals surface area contributed by atoms with Crippen LogP contribution < -0.4 is 0 Å². The Hall–Kier alpha value is -0.980. The Balaban J connectivity index is 2.94. The Bertz CT molecular complexity index is 194. The van der Waals surface area contributed by atoms with Crippen LogP contribution in [0, 0.1) is 6.07 Å². The molecule has 1 nitrogen and oxygen atoms in total. The van der Waals surface area contributed by atoms with Crippen LogP contribution in [0.2, 0.25) is 0 Å². The molecule has 0 saturated carbocycles. The van der Waals surface area contributed by atoms with Gasteiger partial charge in [-0.2, -0.15) is 0 Å². The summed E-state index contributed by atoms with van der Waals surface area (Å²) in [6, 6.07) is 8.01. The van der Waals surface area contributed by atoms with Gasteiger partial charge in [0, 0.05) is 0 Å². The first-order chi connectivity index (χ1) is 4.33. The van der Waals surface area contributed by atoms with Crippen LogP contribution in [-0.2, 0) is 6.42 Å². The van der Waals surface area contributed by atoms with Crippen molar-refractivity contribution in [1.29, 1.82) is 0 Å². The SMILES string of the molecule is CCc1c[c]cc(O)c1. The molecule has 9 heavy (non-hydrogen) atoms. The van der Waals surface area contributed by atoms with E-state index < -0.39 is 0 Å². The summed E-state index contributed by atoms with van der Waals surface area (Å²) >= 11 is 0. The molecule has 1 aromatic carbocycles. The monoisotopic (exact) mass is 121 g/mol. The topological polar surface area (TPSA) is 20.2 Å². The molecule has 0 aliphatic carbocycles. The van der Waals surface area contributed by atoms with Crippen molar-refractivity contribution in [2.75, 3.05) is 0 Å². The van der Waals surface area contributed by atoms with Gasteiger partial charge in [0.1, 0.15) is 5.75 Å². The minimum Gasteiger partial charge on any atom is -0.508 e. The number of aryl methyl sites for hydroxylation is 1. The molecule has 0 spiro atoms. The first-order valence-corrected chi connectivity index (χ1v) is 3.02. The molecule has 0 amide bonds. The summed E-state index contributed by atoms with van der Waals surface area (Å²) in [5, 5.41) is 8.91. The highest BCUT2D eigenvalue weighted by atomic mass is 16.3. The summed E-state index contributed by atoms with van der Waals surface area (Å²) in [7, 11) is 0. The summed E-state index contributed by atoms with van der Waals surface area (Å²) < 4.78 is 0. The summed E-state index contributed by atoms with van der Waals surface area (Å²) in [6.07, 6.45) is 0.949. The van der Waals surface area contributed by atoms with E-state index in [9.17, 15) is 0 Å². The first kappa shape index (κ1) is 6.14. The van der Waals surface area contributed by atoms with Crippen molar-refractivity contribution in [3.63, 3.8) is 0 Å². The molecular weight excluding hydrogens is 112 g/mol. The Morgan fingerprint density at radius 1 is 1.56 bits per heavy atom. The van der Waals surface area contributed by atoms with Crippen LogP contribution in [0.1, 0.15) is 12.5 Å². The normalized spacial score (nSPS) is 9.44. The van der Waals surface area contributed by atoms with Gasteiger partial charge in [-0.25, -0.2) is 0 Å². The molecule has 47 valence electrons. The van der Waals surface area contributed by atoms with E-state index in [-0.39, 0.29) is 0 Å². The third kappa shape index (κ3) is 1.46. The predicted molar refractivity (Wildman–Crippen MR) is 36.3 cm³/mol. The zero-order chi connectivity index (χ0) is 6.69.